The summed E-state index contributed by atoms with van der Waals surface area (Å²) in [5.41, 5.74) is 2.11. The van der Waals surface area contributed by atoms with Crippen molar-refractivity contribution in [3.63, 3.8) is 0 Å². The van der Waals surface area contributed by atoms with Crippen LogP contribution < -0.4 is 5.32 Å². The number of nitrogens with zero attached hydrogens (tertiary/aromatic N) is 1. The lowest BCUT2D eigenvalue weighted by Crippen LogP contribution is -2.20. The number of fused-ring (bicyclic) bond motifs is 1. The molecule has 4 rings (SSSR count). The second-order valence-corrected chi connectivity index (χ2v) is 7.36. The lowest BCUT2D eigenvalue weighted by molar-refractivity contribution is -0.117. The van der Waals surface area contributed by atoms with Crippen LogP contribution in [0, 0.1) is 5.82 Å². The van der Waals surface area contributed by atoms with E-state index in [9.17, 15) is 14.0 Å². The normalized spacial score (nSPS) is 15.4. The summed E-state index contributed by atoms with van der Waals surface area (Å²) in [7, 11) is 0. The van der Waals surface area contributed by atoms with Crippen molar-refractivity contribution in [3.05, 3.63) is 87.9 Å². The zero-order valence-corrected chi connectivity index (χ0v) is 15.9. The van der Waals surface area contributed by atoms with Crippen LogP contribution in [0.15, 0.2) is 65.1 Å². The van der Waals surface area contributed by atoms with Gasteiger partial charge in [-0.2, -0.15) is 0 Å². The fourth-order valence-corrected chi connectivity index (χ4v) is 3.79. The monoisotopic (exact) mass is 426 g/mol. The molecule has 0 fully saturated rings. The molecule has 0 radical (unpaired) electrons. The van der Waals surface area contributed by atoms with Crippen molar-refractivity contribution in [1.82, 2.24) is 4.57 Å². The van der Waals surface area contributed by atoms with Crippen LogP contribution in [0.5, 0.6) is 0 Å². The van der Waals surface area contributed by atoms with Crippen LogP contribution in [-0.4, -0.2) is 16.3 Å². The van der Waals surface area contributed by atoms with Gasteiger partial charge in [0.25, 0.3) is 0 Å². The van der Waals surface area contributed by atoms with E-state index in [2.05, 4.69) is 21.2 Å². The molecule has 0 saturated heterocycles. The minimum absolute atomic E-state index is 0.0677. The molecule has 1 amide bonds. The second kappa shape index (κ2) is 7.12. The van der Waals surface area contributed by atoms with Gasteiger partial charge < -0.3 is 9.88 Å². The van der Waals surface area contributed by atoms with Crippen molar-refractivity contribution >= 4 is 33.3 Å². The molecule has 0 aliphatic carbocycles. The van der Waals surface area contributed by atoms with E-state index in [0.717, 1.165) is 5.69 Å². The van der Waals surface area contributed by atoms with Crippen LogP contribution in [0.1, 0.15) is 34.1 Å². The van der Waals surface area contributed by atoms with Gasteiger partial charge in [0.15, 0.2) is 0 Å². The SMILES string of the molecule is O=C(c1ccccc1)c1ccc2n1CC[C@@H]2C(=O)Nc1ccc(Br)cc1F. The van der Waals surface area contributed by atoms with Crippen molar-refractivity contribution in [3.8, 4) is 0 Å². The third kappa shape index (κ3) is 3.32. The van der Waals surface area contributed by atoms with Gasteiger partial charge in [-0.15, -0.1) is 0 Å². The van der Waals surface area contributed by atoms with Gasteiger partial charge in [0.1, 0.15) is 5.82 Å². The van der Waals surface area contributed by atoms with Crippen LogP contribution in [-0.2, 0) is 11.3 Å². The minimum atomic E-state index is -0.494. The van der Waals surface area contributed by atoms with Gasteiger partial charge in [-0.3, -0.25) is 9.59 Å². The highest BCUT2D eigenvalue weighted by Crippen LogP contribution is 2.33. The molecule has 2 aromatic carbocycles. The summed E-state index contributed by atoms with van der Waals surface area (Å²) in [6.07, 6.45) is 0.579. The Kier molecular flexibility index (Phi) is 4.66. The molecule has 4 nitrogen and oxygen atoms in total. The summed E-state index contributed by atoms with van der Waals surface area (Å²) >= 11 is 3.20. The zero-order chi connectivity index (χ0) is 19.0. The van der Waals surface area contributed by atoms with Crippen molar-refractivity contribution < 1.29 is 14.0 Å². The molecule has 136 valence electrons. The first-order valence-corrected chi connectivity index (χ1v) is 9.39. The molecule has 3 aromatic rings. The number of hydrogen-bond acceptors (Lipinski definition) is 2. The number of carbonyl (C=O) groups excluding carboxylic acids is 2. The summed E-state index contributed by atoms with van der Waals surface area (Å²) in [5.74, 6) is -1.25. The minimum Gasteiger partial charge on any atom is -0.341 e. The highest BCUT2D eigenvalue weighted by Gasteiger charge is 2.32. The fourth-order valence-electron chi connectivity index (χ4n) is 3.46. The van der Waals surface area contributed by atoms with E-state index in [-0.39, 0.29) is 17.4 Å². The van der Waals surface area contributed by atoms with Crippen LogP contribution in [0.25, 0.3) is 0 Å². The Bertz CT molecular complexity index is 1030. The first-order chi connectivity index (χ1) is 13.0. The summed E-state index contributed by atoms with van der Waals surface area (Å²) in [6, 6.07) is 17.1. The number of rotatable bonds is 4. The molecule has 1 N–H and O–H groups in total. The first kappa shape index (κ1) is 17.7. The number of amides is 1. The average Bonchev–Trinajstić information content (AvgIpc) is 3.26. The molecule has 0 unspecified atom stereocenters. The maximum absolute atomic E-state index is 14.0. The number of anilines is 1. The summed E-state index contributed by atoms with van der Waals surface area (Å²) in [6.45, 7) is 0.581. The Morgan fingerprint density at radius 1 is 1.07 bits per heavy atom. The van der Waals surface area contributed by atoms with Crippen molar-refractivity contribution in [2.45, 2.75) is 18.9 Å². The molecular weight excluding hydrogens is 411 g/mol. The molecule has 27 heavy (non-hydrogen) atoms. The summed E-state index contributed by atoms with van der Waals surface area (Å²) in [5, 5.41) is 2.66. The highest BCUT2D eigenvalue weighted by molar-refractivity contribution is 9.10. The predicted octanol–water partition coefficient (Wildman–Crippen LogP) is 4.75. The highest BCUT2D eigenvalue weighted by atomic mass is 79.9. The van der Waals surface area contributed by atoms with E-state index < -0.39 is 11.7 Å². The topological polar surface area (TPSA) is 51.1 Å². The second-order valence-electron chi connectivity index (χ2n) is 6.44. The Morgan fingerprint density at radius 2 is 1.85 bits per heavy atom. The Balaban J connectivity index is 1.57. The van der Waals surface area contributed by atoms with Gasteiger partial charge in [0.05, 0.1) is 17.3 Å². The summed E-state index contributed by atoms with van der Waals surface area (Å²) < 4.78 is 16.5. The number of ketones is 1. The van der Waals surface area contributed by atoms with Crippen molar-refractivity contribution in [2.24, 2.45) is 0 Å². The number of carbonyl (C=O) groups is 2. The number of benzene rings is 2. The van der Waals surface area contributed by atoms with Crippen LogP contribution in [0.4, 0.5) is 10.1 Å². The molecule has 1 aromatic heterocycles. The molecule has 1 aliphatic rings. The van der Waals surface area contributed by atoms with E-state index in [1.807, 2.05) is 28.8 Å². The molecule has 2 heterocycles. The molecule has 1 atom stereocenters. The quantitative estimate of drug-likeness (QED) is 0.612. The maximum Gasteiger partial charge on any atom is 0.233 e. The molecular formula is C21H16BrFN2O2. The van der Waals surface area contributed by atoms with Crippen LogP contribution >= 0.6 is 15.9 Å². The smallest absolute Gasteiger partial charge is 0.233 e. The number of hydrogen-bond donors (Lipinski definition) is 1. The summed E-state index contributed by atoms with van der Waals surface area (Å²) in [4.78, 5) is 25.4. The number of nitrogens with one attached hydrogen (secondary N) is 1. The third-order valence-corrected chi connectivity index (χ3v) is 5.28. The van der Waals surface area contributed by atoms with Crippen LogP contribution in [0.2, 0.25) is 0 Å². The van der Waals surface area contributed by atoms with Gasteiger partial charge in [-0.05, 0) is 36.8 Å². The average molecular weight is 427 g/mol. The standard InChI is InChI=1S/C21H16BrFN2O2/c22-14-6-7-17(16(23)12-14)24-21(27)15-10-11-25-18(15)8-9-19(25)20(26)13-4-2-1-3-5-13/h1-9,12,15H,10-11H2,(H,24,27)/t15-/m0/s1. The lowest BCUT2D eigenvalue weighted by atomic mass is 10.0. The largest absolute Gasteiger partial charge is 0.341 e. The molecule has 1 aliphatic heterocycles. The van der Waals surface area contributed by atoms with E-state index >= 15 is 0 Å². The van der Waals surface area contributed by atoms with Gasteiger partial charge in [0, 0.05) is 22.3 Å². The molecule has 0 bridgehead atoms. The fraction of sp³-hybridized carbons (Fsp3) is 0.143. The van der Waals surface area contributed by atoms with E-state index in [1.54, 1.807) is 24.3 Å². The molecule has 0 saturated carbocycles. The maximum atomic E-state index is 14.0. The van der Waals surface area contributed by atoms with Crippen molar-refractivity contribution in [2.75, 3.05) is 5.32 Å². The van der Waals surface area contributed by atoms with Gasteiger partial charge in [-0.1, -0.05) is 46.3 Å². The van der Waals surface area contributed by atoms with Gasteiger partial charge in [0.2, 0.25) is 11.7 Å². The lowest BCUT2D eigenvalue weighted by Gasteiger charge is -2.11. The van der Waals surface area contributed by atoms with E-state index in [4.69, 9.17) is 0 Å². The van der Waals surface area contributed by atoms with Gasteiger partial charge >= 0.3 is 0 Å². The van der Waals surface area contributed by atoms with Crippen molar-refractivity contribution in [1.29, 1.82) is 0 Å². The Morgan fingerprint density at radius 3 is 2.59 bits per heavy atom. The molecule has 0 spiro atoms. The number of halogens is 2. The van der Waals surface area contributed by atoms with E-state index in [0.29, 0.717) is 28.7 Å². The van der Waals surface area contributed by atoms with E-state index in [1.165, 1.54) is 12.1 Å². The molecule has 6 heteroatoms. The first-order valence-electron chi connectivity index (χ1n) is 8.59. The van der Waals surface area contributed by atoms with Gasteiger partial charge in [-0.25, -0.2) is 4.39 Å². The number of aromatic nitrogens is 1. The third-order valence-electron chi connectivity index (χ3n) is 4.79. The zero-order valence-electron chi connectivity index (χ0n) is 14.3. The predicted molar refractivity (Wildman–Crippen MR) is 104 cm³/mol. The Hall–Kier alpha value is -2.73. The van der Waals surface area contributed by atoms with Crippen LogP contribution in [0.3, 0.4) is 0 Å². The Labute approximate surface area is 164 Å².